The summed E-state index contributed by atoms with van der Waals surface area (Å²) in [4.78, 5) is 18.6. The van der Waals surface area contributed by atoms with Crippen LogP contribution in [0.3, 0.4) is 0 Å². The van der Waals surface area contributed by atoms with Crippen LogP contribution in [0.15, 0.2) is 41.5 Å². The van der Waals surface area contributed by atoms with Gasteiger partial charge >= 0.3 is 0 Å². The summed E-state index contributed by atoms with van der Waals surface area (Å²) in [5.41, 5.74) is 2.78. The van der Waals surface area contributed by atoms with Gasteiger partial charge in [-0.2, -0.15) is 5.10 Å². The monoisotopic (exact) mass is 338 g/mol. The second kappa shape index (κ2) is 5.95. The highest BCUT2D eigenvalue weighted by Crippen LogP contribution is 2.40. The molecule has 6 heteroatoms. The molecule has 0 saturated heterocycles. The number of aromatic nitrogens is 4. The summed E-state index contributed by atoms with van der Waals surface area (Å²) in [6.45, 7) is 3.64. The average molecular weight is 338 g/mol. The van der Waals surface area contributed by atoms with Gasteiger partial charge in [-0.1, -0.05) is 12.1 Å². The van der Waals surface area contributed by atoms with E-state index in [-0.39, 0.29) is 17.4 Å². The number of nitrogens with zero attached hydrogens (tertiary/aromatic N) is 3. The Morgan fingerprint density at radius 3 is 2.80 bits per heavy atom. The molecule has 3 aromatic rings. The third-order valence-corrected chi connectivity index (χ3v) is 4.68. The summed E-state index contributed by atoms with van der Waals surface area (Å²) in [7, 11) is 0. The van der Waals surface area contributed by atoms with Crippen LogP contribution >= 0.6 is 0 Å². The first-order valence-corrected chi connectivity index (χ1v) is 8.43. The first kappa shape index (κ1) is 15.7. The Balaban J connectivity index is 1.64. The fourth-order valence-corrected chi connectivity index (χ4v) is 3.10. The van der Waals surface area contributed by atoms with Gasteiger partial charge in [0.15, 0.2) is 0 Å². The molecule has 2 aromatic heterocycles. The van der Waals surface area contributed by atoms with Crippen LogP contribution < -0.4 is 5.56 Å². The van der Waals surface area contributed by atoms with E-state index in [0.717, 1.165) is 24.0 Å². The largest absolute Gasteiger partial charge is 0.311 e. The van der Waals surface area contributed by atoms with Crippen molar-refractivity contribution in [1.29, 1.82) is 0 Å². The van der Waals surface area contributed by atoms with Crippen LogP contribution in [0.25, 0.3) is 11.3 Å². The van der Waals surface area contributed by atoms with Crippen molar-refractivity contribution in [2.24, 2.45) is 0 Å². The van der Waals surface area contributed by atoms with Crippen molar-refractivity contribution in [3.8, 4) is 11.3 Å². The van der Waals surface area contributed by atoms with Crippen molar-refractivity contribution in [3.63, 3.8) is 0 Å². The molecule has 1 aliphatic rings. The highest BCUT2D eigenvalue weighted by molar-refractivity contribution is 5.56. The first-order chi connectivity index (χ1) is 12.0. The molecule has 128 valence electrons. The number of nitrogens with one attached hydrogen (secondary N) is 1. The standard InChI is InChI=1S/C19H19FN4O/c1-11(16-6-5-14(7-17(16)20)13-3-4-13)24-10-15(9-21-24)18-8-19(25)23-12(2)22-18/h5-11,13H,3-4H2,1-2H3,(H,22,23,25)/t11-/m1/s1. The highest BCUT2D eigenvalue weighted by atomic mass is 19.1. The van der Waals surface area contributed by atoms with Crippen LogP contribution in [-0.2, 0) is 0 Å². The lowest BCUT2D eigenvalue weighted by Gasteiger charge is -2.14. The van der Waals surface area contributed by atoms with Crippen molar-refractivity contribution >= 4 is 0 Å². The maximum Gasteiger partial charge on any atom is 0.251 e. The zero-order valence-electron chi connectivity index (χ0n) is 14.2. The first-order valence-electron chi connectivity index (χ1n) is 8.43. The van der Waals surface area contributed by atoms with E-state index >= 15 is 0 Å². The molecule has 0 aliphatic heterocycles. The smallest absolute Gasteiger partial charge is 0.251 e. The zero-order chi connectivity index (χ0) is 17.6. The van der Waals surface area contributed by atoms with Gasteiger partial charge in [0.1, 0.15) is 11.6 Å². The number of benzene rings is 1. The third-order valence-electron chi connectivity index (χ3n) is 4.68. The molecule has 1 saturated carbocycles. The molecule has 1 atom stereocenters. The Hall–Kier alpha value is -2.76. The Morgan fingerprint density at radius 1 is 1.32 bits per heavy atom. The van der Waals surface area contributed by atoms with E-state index in [1.807, 2.05) is 19.1 Å². The van der Waals surface area contributed by atoms with E-state index in [1.165, 1.54) is 6.07 Å². The summed E-state index contributed by atoms with van der Waals surface area (Å²) in [6.07, 6.45) is 5.74. The van der Waals surface area contributed by atoms with Crippen LogP contribution in [0.5, 0.6) is 0 Å². The fourth-order valence-electron chi connectivity index (χ4n) is 3.10. The van der Waals surface area contributed by atoms with Gasteiger partial charge in [-0.25, -0.2) is 9.37 Å². The molecule has 0 bridgehead atoms. The predicted octanol–water partition coefficient (Wildman–Crippen LogP) is 3.57. The van der Waals surface area contributed by atoms with Crippen LogP contribution in [0.2, 0.25) is 0 Å². The predicted molar refractivity (Wildman–Crippen MR) is 93.0 cm³/mol. The van der Waals surface area contributed by atoms with Gasteiger partial charge < -0.3 is 4.98 Å². The molecule has 1 aliphatic carbocycles. The number of aryl methyl sites for hydroxylation is 1. The third kappa shape index (κ3) is 3.12. The molecular formula is C19H19FN4O. The van der Waals surface area contributed by atoms with E-state index < -0.39 is 0 Å². The second-order valence-corrected chi connectivity index (χ2v) is 6.66. The van der Waals surface area contributed by atoms with Gasteiger partial charge in [0.25, 0.3) is 5.56 Å². The lowest BCUT2D eigenvalue weighted by Crippen LogP contribution is -2.10. The fraction of sp³-hybridized carbons (Fsp3) is 0.316. The van der Waals surface area contributed by atoms with Gasteiger partial charge in [0.05, 0.1) is 17.9 Å². The normalized spacial score (nSPS) is 15.3. The molecule has 0 spiro atoms. The van der Waals surface area contributed by atoms with Crippen molar-refractivity contribution in [1.82, 2.24) is 19.7 Å². The van der Waals surface area contributed by atoms with E-state index in [0.29, 0.717) is 23.0 Å². The molecule has 0 amide bonds. The molecule has 4 rings (SSSR count). The van der Waals surface area contributed by atoms with Gasteiger partial charge in [-0.05, 0) is 44.2 Å². The number of hydrogen-bond acceptors (Lipinski definition) is 3. The minimum absolute atomic E-state index is 0.195. The number of hydrogen-bond donors (Lipinski definition) is 1. The van der Waals surface area contributed by atoms with E-state index in [1.54, 1.807) is 30.1 Å². The maximum atomic E-state index is 14.5. The van der Waals surface area contributed by atoms with Gasteiger partial charge in [0.2, 0.25) is 0 Å². The molecule has 5 nitrogen and oxygen atoms in total. The minimum atomic E-state index is -0.245. The van der Waals surface area contributed by atoms with Crippen LogP contribution in [0.1, 0.15) is 48.7 Å². The summed E-state index contributed by atoms with van der Waals surface area (Å²) in [6, 6.07) is 6.70. The van der Waals surface area contributed by atoms with Gasteiger partial charge in [-0.3, -0.25) is 9.48 Å². The molecule has 0 unspecified atom stereocenters. The summed E-state index contributed by atoms with van der Waals surface area (Å²) in [5.74, 6) is 0.879. The zero-order valence-corrected chi connectivity index (χ0v) is 14.2. The lowest BCUT2D eigenvalue weighted by atomic mass is 10.0. The molecule has 2 heterocycles. The molecule has 1 aromatic carbocycles. The van der Waals surface area contributed by atoms with Crippen molar-refractivity contribution in [3.05, 3.63) is 69.8 Å². The Morgan fingerprint density at radius 2 is 2.12 bits per heavy atom. The summed E-state index contributed by atoms with van der Waals surface area (Å²) in [5, 5.41) is 4.34. The molecule has 25 heavy (non-hydrogen) atoms. The van der Waals surface area contributed by atoms with E-state index in [4.69, 9.17) is 0 Å². The number of rotatable bonds is 4. The van der Waals surface area contributed by atoms with Crippen LogP contribution in [0, 0.1) is 12.7 Å². The van der Waals surface area contributed by atoms with Crippen LogP contribution in [0.4, 0.5) is 4.39 Å². The maximum absolute atomic E-state index is 14.5. The van der Waals surface area contributed by atoms with E-state index in [9.17, 15) is 9.18 Å². The molecular weight excluding hydrogens is 319 g/mol. The van der Waals surface area contributed by atoms with E-state index in [2.05, 4.69) is 15.1 Å². The molecule has 0 radical (unpaired) electrons. The summed E-state index contributed by atoms with van der Waals surface area (Å²) < 4.78 is 16.2. The minimum Gasteiger partial charge on any atom is -0.311 e. The summed E-state index contributed by atoms with van der Waals surface area (Å²) >= 11 is 0. The number of aromatic amines is 1. The lowest BCUT2D eigenvalue weighted by molar-refractivity contribution is 0.520. The van der Waals surface area contributed by atoms with Gasteiger partial charge in [0, 0.05) is 23.4 Å². The second-order valence-electron chi connectivity index (χ2n) is 6.66. The van der Waals surface area contributed by atoms with Crippen molar-refractivity contribution in [2.75, 3.05) is 0 Å². The SMILES string of the molecule is Cc1nc(-c2cnn([C@H](C)c3ccc(C4CC4)cc3F)c2)cc(=O)[nH]1. The Bertz CT molecular complexity index is 987. The topological polar surface area (TPSA) is 63.6 Å². The van der Waals surface area contributed by atoms with Crippen LogP contribution in [-0.4, -0.2) is 19.7 Å². The molecule has 1 N–H and O–H groups in total. The van der Waals surface area contributed by atoms with Gasteiger partial charge in [-0.15, -0.1) is 0 Å². The van der Waals surface area contributed by atoms with Crippen molar-refractivity contribution in [2.45, 2.75) is 38.6 Å². The number of H-pyrrole nitrogens is 1. The Labute approximate surface area is 144 Å². The number of halogens is 1. The Kier molecular flexibility index (Phi) is 3.75. The highest BCUT2D eigenvalue weighted by Gasteiger charge is 2.25. The van der Waals surface area contributed by atoms with Crippen molar-refractivity contribution < 1.29 is 4.39 Å². The quantitative estimate of drug-likeness (QED) is 0.791. The molecule has 1 fully saturated rings. The average Bonchev–Trinajstić information content (AvgIpc) is 3.30.